The Hall–Kier alpha value is -1.55. The second-order valence-corrected chi connectivity index (χ2v) is 10.7. The van der Waals surface area contributed by atoms with Crippen molar-refractivity contribution in [1.29, 1.82) is 0 Å². The van der Waals surface area contributed by atoms with Gasteiger partial charge in [-0.3, -0.25) is 4.79 Å². The molecule has 0 atom stereocenters. The number of hydrogen-bond donors (Lipinski definition) is 2. The van der Waals surface area contributed by atoms with Gasteiger partial charge in [-0.1, -0.05) is 73.9 Å². The van der Waals surface area contributed by atoms with E-state index in [-0.39, 0.29) is 23.3 Å². The largest absolute Gasteiger partial charge is 0.483 e. The van der Waals surface area contributed by atoms with Gasteiger partial charge in [0.2, 0.25) is 0 Å². The average molecular weight is 405 g/mol. The molecule has 166 valence electrons. The molecule has 0 aromatic heterocycles. The summed E-state index contributed by atoms with van der Waals surface area (Å²) in [5.74, 6) is 1.15. The lowest BCUT2D eigenvalue weighted by Crippen LogP contribution is -2.30. The predicted octanol–water partition coefficient (Wildman–Crippen LogP) is 5.32. The summed E-state index contributed by atoms with van der Waals surface area (Å²) >= 11 is 0. The van der Waals surface area contributed by atoms with Crippen molar-refractivity contribution < 1.29 is 9.53 Å². The van der Waals surface area contributed by atoms with Gasteiger partial charge in [0.15, 0.2) is 6.61 Å². The maximum atomic E-state index is 12.3. The fourth-order valence-electron chi connectivity index (χ4n) is 3.32. The Bertz CT molecular complexity index is 652. The van der Waals surface area contributed by atoms with Crippen molar-refractivity contribution >= 4 is 5.91 Å². The number of carbonyl (C=O) groups is 1. The Kier molecular flexibility index (Phi) is 9.67. The van der Waals surface area contributed by atoms with E-state index in [1.165, 1.54) is 16.7 Å². The summed E-state index contributed by atoms with van der Waals surface area (Å²) in [5, 5.41) is 2.96. The van der Waals surface area contributed by atoms with E-state index >= 15 is 0 Å². The SMILES string of the molecule is CC(C)c1cc(C(C)(C)C)cc(CC(C)(C)C)c1OCC(=O)NCCCCCN. The van der Waals surface area contributed by atoms with Gasteiger partial charge in [0.1, 0.15) is 5.75 Å². The first-order valence-corrected chi connectivity index (χ1v) is 11.1. The number of benzene rings is 1. The first kappa shape index (κ1) is 25.5. The van der Waals surface area contributed by atoms with Gasteiger partial charge in [-0.2, -0.15) is 0 Å². The summed E-state index contributed by atoms with van der Waals surface area (Å²) in [7, 11) is 0. The molecule has 0 bridgehead atoms. The van der Waals surface area contributed by atoms with Crippen LogP contribution in [0.25, 0.3) is 0 Å². The van der Waals surface area contributed by atoms with Crippen molar-refractivity contribution in [2.75, 3.05) is 19.7 Å². The molecule has 3 N–H and O–H groups in total. The van der Waals surface area contributed by atoms with Crippen LogP contribution in [0.1, 0.15) is 97.3 Å². The number of unbranched alkanes of at least 4 members (excludes halogenated alkanes) is 2. The fourth-order valence-corrected chi connectivity index (χ4v) is 3.32. The molecule has 0 aliphatic heterocycles. The minimum atomic E-state index is -0.0611. The van der Waals surface area contributed by atoms with E-state index in [4.69, 9.17) is 10.5 Å². The van der Waals surface area contributed by atoms with Crippen molar-refractivity contribution in [2.24, 2.45) is 11.1 Å². The van der Waals surface area contributed by atoms with Crippen LogP contribution in [0.5, 0.6) is 5.75 Å². The monoisotopic (exact) mass is 404 g/mol. The smallest absolute Gasteiger partial charge is 0.257 e. The van der Waals surface area contributed by atoms with E-state index in [1.807, 2.05) is 0 Å². The number of hydrogen-bond acceptors (Lipinski definition) is 3. The summed E-state index contributed by atoms with van der Waals surface area (Å²) in [6.07, 6.45) is 3.90. The van der Waals surface area contributed by atoms with Crippen LogP contribution in [0.4, 0.5) is 0 Å². The third-order valence-corrected chi connectivity index (χ3v) is 4.95. The lowest BCUT2D eigenvalue weighted by Gasteiger charge is -2.28. The highest BCUT2D eigenvalue weighted by Crippen LogP contribution is 2.38. The highest BCUT2D eigenvalue weighted by atomic mass is 16.5. The fraction of sp³-hybridized carbons (Fsp3) is 0.720. The molecule has 0 aliphatic carbocycles. The standard InChI is InChI=1S/C25H44N2O2/c1-18(2)21-15-20(25(6,7)8)14-19(16-24(3,4)5)23(21)29-17-22(28)27-13-11-9-10-12-26/h14-15,18H,9-13,16-17,26H2,1-8H3,(H,27,28). The van der Waals surface area contributed by atoms with Gasteiger partial charge in [-0.15, -0.1) is 0 Å². The zero-order chi connectivity index (χ0) is 22.2. The third kappa shape index (κ3) is 9.20. The summed E-state index contributed by atoms with van der Waals surface area (Å²) in [5.41, 5.74) is 9.41. The minimum absolute atomic E-state index is 0.0582. The zero-order valence-corrected chi connectivity index (χ0v) is 20.1. The number of nitrogens with two attached hydrogens (primary N) is 1. The Labute approximate surface area is 179 Å². The summed E-state index contributed by atoms with van der Waals surface area (Å²) in [6, 6.07) is 4.54. The normalized spacial score (nSPS) is 12.3. The predicted molar refractivity (Wildman–Crippen MR) is 124 cm³/mol. The van der Waals surface area contributed by atoms with Crippen LogP contribution < -0.4 is 15.8 Å². The third-order valence-electron chi connectivity index (χ3n) is 4.95. The molecule has 0 heterocycles. The number of ether oxygens (including phenoxy) is 1. The molecule has 1 rings (SSSR count). The maximum absolute atomic E-state index is 12.3. The van der Waals surface area contributed by atoms with Crippen LogP contribution in [-0.4, -0.2) is 25.6 Å². The molecular formula is C25H44N2O2. The van der Waals surface area contributed by atoms with Crippen molar-refractivity contribution in [3.8, 4) is 5.75 Å². The van der Waals surface area contributed by atoms with Crippen molar-refractivity contribution in [3.05, 3.63) is 28.8 Å². The molecular weight excluding hydrogens is 360 g/mol. The quantitative estimate of drug-likeness (QED) is 0.519. The number of nitrogens with one attached hydrogen (secondary N) is 1. The zero-order valence-electron chi connectivity index (χ0n) is 20.1. The molecule has 4 heteroatoms. The van der Waals surface area contributed by atoms with Gasteiger partial charge in [-0.25, -0.2) is 0 Å². The van der Waals surface area contributed by atoms with E-state index in [1.54, 1.807) is 0 Å². The van der Waals surface area contributed by atoms with Crippen LogP contribution in [-0.2, 0) is 16.6 Å². The molecule has 0 aliphatic rings. The molecule has 1 aromatic carbocycles. The van der Waals surface area contributed by atoms with Gasteiger partial charge in [0.05, 0.1) is 0 Å². The molecule has 0 fully saturated rings. The van der Waals surface area contributed by atoms with Crippen LogP contribution in [0.2, 0.25) is 0 Å². The lowest BCUT2D eigenvalue weighted by atomic mass is 9.80. The summed E-state index contributed by atoms with van der Waals surface area (Å²) in [6.45, 7) is 19.3. The van der Waals surface area contributed by atoms with Crippen molar-refractivity contribution in [1.82, 2.24) is 5.32 Å². The Morgan fingerprint density at radius 2 is 1.72 bits per heavy atom. The van der Waals surface area contributed by atoms with Gasteiger partial charge >= 0.3 is 0 Å². The Morgan fingerprint density at radius 1 is 1.07 bits per heavy atom. The van der Waals surface area contributed by atoms with Gasteiger partial charge < -0.3 is 15.8 Å². The van der Waals surface area contributed by atoms with Crippen LogP contribution in [0, 0.1) is 5.41 Å². The Balaban J connectivity index is 3.05. The van der Waals surface area contributed by atoms with E-state index < -0.39 is 0 Å². The first-order chi connectivity index (χ1) is 13.3. The van der Waals surface area contributed by atoms with E-state index in [0.717, 1.165) is 31.4 Å². The van der Waals surface area contributed by atoms with Crippen molar-refractivity contribution in [2.45, 2.75) is 92.4 Å². The molecule has 1 aromatic rings. The highest BCUT2D eigenvalue weighted by molar-refractivity contribution is 5.77. The molecule has 4 nitrogen and oxygen atoms in total. The molecule has 1 amide bonds. The Morgan fingerprint density at radius 3 is 2.24 bits per heavy atom. The topological polar surface area (TPSA) is 64.3 Å². The second-order valence-electron chi connectivity index (χ2n) is 10.7. The van der Waals surface area contributed by atoms with Crippen LogP contribution >= 0.6 is 0 Å². The van der Waals surface area contributed by atoms with Crippen LogP contribution in [0.15, 0.2) is 12.1 Å². The van der Waals surface area contributed by atoms with E-state index in [0.29, 0.717) is 19.0 Å². The molecule has 0 saturated heterocycles. The van der Waals surface area contributed by atoms with Crippen LogP contribution in [0.3, 0.4) is 0 Å². The first-order valence-electron chi connectivity index (χ1n) is 11.1. The molecule has 0 radical (unpaired) electrons. The number of rotatable bonds is 10. The molecule has 0 unspecified atom stereocenters. The molecule has 29 heavy (non-hydrogen) atoms. The molecule has 0 saturated carbocycles. The molecule has 0 spiro atoms. The average Bonchev–Trinajstić information content (AvgIpc) is 2.57. The number of amides is 1. The second kappa shape index (κ2) is 11.0. The summed E-state index contributed by atoms with van der Waals surface area (Å²) < 4.78 is 6.15. The minimum Gasteiger partial charge on any atom is -0.483 e. The van der Waals surface area contributed by atoms with Gasteiger partial charge in [0, 0.05) is 6.54 Å². The van der Waals surface area contributed by atoms with Gasteiger partial charge in [0.25, 0.3) is 5.91 Å². The summed E-state index contributed by atoms with van der Waals surface area (Å²) in [4.78, 5) is 12.3. The number of carbonyl (C=O) groups excluding carboxylic acids is 1. The lowest BCUT2D eigenvalue weighted by molar-refractivity contribution is -0.123. The highest BCUT2D eigenvalue weighted by Gasteiger charge is 2.24. The van der Waals surface area contributed by atoms with E-state index in [2.05, 4.69) is 72.8 Å². The maximum Gasteiger partial charge on any atom is 0.257 e. The van der Waals surface area contributed by atoms with E-state index in [9.17, 15) is 4.79 Å². The van der Waals surface area contributed by atoms with Crippen molar-refractivity contribution in [3.63, 3.8) is 0 Å². The van der Waals surface area contributed by atoms with Gasteiger partial charge in [-0.05, 0) is 59.2 Å².